The monoisotopic (exact) mass is 383 g/mol. The minimum Gasteiger partial charge on any atom is -0.487 e. The summed E-state index contributed by atoms with van der Waals surface area (Å²) in [5.41, 5.74) is 2.32. The van der Waals surface area contributed by atoms with Crippen molar-refractivity contribution in [3.63, 3.8) is 0 Å². The average Bonchev–Trinajstić information content (AvgIpc) is 2.69. The van der Waals surface area contributed by atoms with Crippen molar-refractivity contribution in [1.29, 1.82) is 0 Å². The Morgan fingerprint density at radius 2 is 1.96 bits per heavy atom. The Bertz CT molecular complexity index is 815. The number of piperidine rings is 1. The summed E-state index contributed by atoms with van der Waals surface area (Å²) in [4.78, 5) is 14.4. The normalized spacial score (nSPS) is 17.9. The molecule has 1 fully saturated rings. The molecule has 142 valence electrons. The molecule has 0 aliphatic carbocycles. The third-order valence-electron chi connectivity index (χ3n) is 5.50. The highest BCUT2D eigenvalue weighted by molar-refractivity contribution is 7.97. The number of thioether (sulfide) groups is 1. The van der Waals surface area contributed by atoms with Crippen molar-refractivity contribution >= 4 is 17.9 Å². The number of likely N-dealkylation sites (tertiary alicyclic amines) is 1. The molecule has 0 bridgehead atoms. The first kappa shape index (κ1) is 18.2. The van der Waals surface area contributed by atoms with E-state index in [9.17, 15) is 4.79 Å². The largest absolute Gasteiger partial charge is 0.487 e. The molecule has 2 aromatic rings. The van der Waals surface area contributed by atoms with Crippen LogP contribution in [0.5, 0.6) is 11.5 Å². The predicted octanol–water partition coefficient (Wildman–Crippen LogP) is 4.91. The van der Waals surface area contributed by atoms with Gasteiger partial charge in [-0.3, -0.25) is 0 Å². The van der Waals surface area contributed by atoms with Crippen LogP contribution in [0.2, 0.25) is 0 Å². The highest BCUT2D eigenvalue weighted by Gasteiger charge is 2.40. The van der Waals surface area contributed by atoms with E-state index >= 15 is 0 Å². The van der Waals surface area contributed by atoms with Crippen LogP contribution in [-0.4, -0.2) is 35.9 Å². The van der Waals surface area contributed by atoms with Crippen molar-refractivity contribution in [1.82, 2.24) is 4.90 Å². The van der Waals surface area contributed by atoms with Crippen LogP contribution in [0.3, 0.4) is 0 Å². The minimum atomic E-state index is -0.262. The zero-order chi connectivity index (χ0) is 18.7. The van der Waals surface area contributed by atoms with Crippen molar-refractivity contribution in [3.8, 4) is 11.5 Å². The maximum atomic E-state index is 12.6. The van der Waals surface area contributed by atoms with Crippen LogP contribution in [0.4, 0.5) is 4.79 Å². The number of nitrogens with zero attached hydrogens (tertiary/aromatic N) is 1. The van der Waals surface area contributed by atoms with E-state index in [0.717, 1.165) is 37.2 Å². The molecule has 27 heavy (non-hydrogen) atoms. The number of carbonyl (C=O) groups is 1. The fourth-order valence-corrected chi connectivity index (χ4v) is 4.45. The molecule has 1 amide bonds. The number of aryl methyl sites for hydroxylation is 1. The number of carbonyl (C=O) groups excluding carboxylic acids is 1. The molecule has 0 N–H and O–H groups in total. The molecule has 0 saturated carbocycles. The molecule has 2 aliphatic rings. The molecule has 0 unspecified atom stereocenters. The molecule has 0 atom stereocenters. The molecule has 0 aromatic heterocycles. The van der Waals surface area contributed by atoms with Crippen LogP contribution in [0.1, 0.15) is 30.4 Å². The van der Waals surface area contributed by atoms with Crippen molar-refractivity contribution in [3.05, 3.63) is 59.7 Å². The third kappa shape index (κ3) is 4.08. The standard InChI is InChI=1S/C22H25NO3S/c1-27-16-17-5-4-7-19(15-17)25-21(24)23-13-11-22(12-14-23)10-9-18-6-2-3-8-20(18)26-22/h2-8,15H,9-14,16H2,1H3. The summed E-state index contributed by atoms with van der Waals surface area (Å²) in [6.07, 6.45) is 5.56. The van der Waals surface area contributed by atoms with Gasteiger partial charge in [-0.1, -0.05) is 30.3 Å². The summed E-state index contributed by atoms with van der Waals surface area (Å²) in [7, 11) is 0. The maximum absolute atomic E-state index is 12.6. The second kappa shape index (κ2) is 7.85. The number of para-hydroxylation sites is 1. The number of fused-ring (bicyclic) bond motifs is 1. The van der Waals surface area contributed by atoms with Gasteiger partial charge in [0.15, 0.2) is 0 Å². The number of rotatable bonds is 3. The Morgan fingerprint density at radius 1 is 1.15 bits per heavy atom. The Morgan fingerprint density at radius 3 is 2.78 bits per heavy atom. The van der Waals surface area contributed by atoms with E-state index in [1.165, 1.54) is 11.1 Å². The predicted molar refractivity (Wildman–Crippen MR) is 109 cm³/mol. The zero-order valence-electron chi connectivity index (χ0n) is 15.6. The van der Waals surface area contributed by atoms with Crippen LogP contribution in [0, 0.1) is 0 Å². The fraction of sp³-hybridized carbons (Fsp3) is 0.409. The van der Waals surface area contributed by atoms with Crippen LogP contribution in [0.15, 0.2) is 48.5 Å². The SMILES string of the molecule is CSCc1cccc(OC(=O)N2CCC3(CCc4ccccc4O3)CC2)c1. The molecule has 2 aromatic carbocycles. The zero-order valence-corrected chi connectivity index (χ0v) is 16.5. The lowest BCUT2D eigenvalue weighted by molar-refractivity contribution is -0.00949. The molecule has 4 rings (SSSR count). The van der Waals surface area contributed by atoms with E-state index in [-0.39, 0.29) is 11.7 Å². The molecular formula is C22H25NO3S. The van der Waals surface area contributed by atoms with E-state index in [1.807, 2.05) is 24.3 Å². The van der Waals surface area contributed by atoms with Crippen molar-refractivity contribution < 1.29 is 14.3 Å². The van der Waals surface area contributed by atoms with Gasteiger partial charge in [0.2, 0.25) is 0 Å². The lowest BCUT2D eigenvalue weighted by Gasteiger charge is -2.44. The van der Waals surface area contributed by atoms with E-state index in [0.29, 0.717) is 18.8 Å². The molecule has 0 radical (unpaired) electrons. The molecule has 1 saturated heterocycles. The number of amides is 1. The topological polar surface area (TPSA) is 38.8 Å². The number of benzene rings is 2. The van der Waals surface area contributed by atoms with Gasteiger partial charge in [-0.15, -0.1) is 0 Å². The van der Waals surface area contributed by atoms with E-state index in [1.54, 1.807) is 16.7 Å². The Kier molecular flexibility index (Phi) is 5.30. The molecule has 2 heterocycles. The minimum absolute atomic E-state index is 0.136. The number of hydrogen-bond acceptors (Lipinski definition) is 4. The van der Waals surface area contributed by atoms with Crippen molar-refractivity contribution in [2.24, 2.45) is 0 Å². The summed E-state index contributed by atoms with van der Waals surface area (Å²) in [5, 5.41) is 0. The molecule has 1 spiro atoms. The van der Waals surface area contributed by atoms with Gasteiger partial charge in [-0.25, -0.2) is 4.79 Å². The Balaban J connectivity index is 1.35. The second-order valence-electron chi connectivity index (χ2n) is 7.33. The van der Waals surface area contributed by atoms with Crippen LogP contribution < -0.4 is 9.47 Å². The second-order valence-corrected chi connectivity index (χ2v) is 8.19. The van der Waals surface area contributed by atoms with Crippen molar-refractivity contribution in [2.75, 3.05) is 19.3 Å². The molecule has 4 nitrogen and oxygen atoms in total. The van der Waals surface area contributed by atoms with Gasteiger partial charge in [0.1, 0.15) is 17.1 Å². The van der Waals surface area contributed by atoms with Crippen LogP contribution >= 0.6 is 11.8 Å². The summed E-state index contributed by atoms with van der Waals surface area (Å²) in [6.45, 7) is 1.34. The summed E-state index contributed by atoms with van der Waals surface area (Å²) < 4.78 is 12.0. The maximum Gasteiger partial charge on any atom is 0.415 e. The first-order valence-corrected chi connectivity index (χ1v) is 10.9. The summed E-state index contributed by atoms with van der Waals surface area (Å²) >= 11 is 1.75. The third-order valence-corrected chi connectivity index (χ3v) is 6.12. The van der Waals surface area contributed by atoms with Crippen LogP contribution in [0.25, 0.3) is 0 Å². The Labute approximate surface area is 164 Å². The van der Waals surface area contributed by atoms with Crippen LogP contribution in [-0.2, 0) is 12.2 Å². The lowest BCUT2D eigenvalue weighted by Crippen LogP contribution is -2.51. The Hall–Kier alpha value is -2.14. The van der Waals surface area contributed by atoms with Gasteiger partial charge in [0.25, 0.3) is 0 Å². The lowest BCUT2D eigenvalue weighted by atomic mass is 9.83. The van der Waals surface area contributed by atoms with E-state index in [2.05, 4.69) is 30.5 Å². The van der Waals surface area contributed by atoms with Gasteiger partial charge < -0.3 is 14.4 Å². The highest BCUT2D eigenvalue weighted by atomic mass is 32.2. The quantitative estimate of drug-likeness (QED) is 0.755. The van der Waals surface area contributed by atoms with E-state index in [4.69, 9.17) is 9.47 Å². The van der Waals surface area contributed by atoms with E-state index < -0.39 is 0 Å². The van der Waals surface area contributed by atoms with Gasteiger partial charge in [0, 0.05) is 31.7 Å². The fourth-order valence-electron chi connectivity index (χ4n) is 3.94. The average molecular weight is 384 g/mol. The first-order chi connectivity index (χ1) is 13.2. The number of ether oxygens (including phenoxy) is 2. The van der Waals surface area contributed by atoms with Gasteiger partial charge in [0.05, 0.1) is 0 Å². The summed E-state index contributed by atoms with van der Waals surface area (Å²) in [6, 6.07) is 16.1. The van der Waals surface area contributed by atoms with Gasteiger partial charge in [-0.05, 0) is 48.4 Å². The first-order valence-electron chi connectivity index (χ1n) is 9.49. The highest BCUT2D eigenvalue weighted by Crippen LogP contribution is 2.39. The van der Waals surface area contributed by atoms with Gasteiger partial charge in [-0.2, -0.15) is 11.8 Å². The number of hydrogen-bond donors (Lipinski definition) is 0. The molecule has 2 aliphatic heterocycles. The molecule has 5 heteroatoms. The van der Waals surface area contributed by atoms with Gasteiger partial charge >= 0.3 is 6.09 Å². The smallest absolute Gasteiger partial charge is 0.415 e. The van der Waals surface area contributed by atoms with Crippen molar-refractivity contribution in [2.45, 2.75) is 37.0 Å². The molecular weight excluding hydrogens is 358 g/mol. The summed E-state index contributed by atoms with van der Waals surface area (Å²) in [5.74, 6) is 2.54.